The Kier molecular flexibility index (Phi) is 3.30. The maximum absolute atomic E-state index is 11.8. The van der Waals surface area contributed by atoms with Crippen LogP contribution in [0.25, 0.3) is 0 Å². The number of carbonyl (C=O) groups excluding carboxylic acids is 1. The summed E-state index contributed by atoms with van der Waals surface area (Å²) < 4.78 is 10.7. The number of hydrogen-bond donors (Lipinski definition) is 1. The monoisotopic (exact) mass is 276 g/mol. The molecule has 2 aliphatic heterocycles. The highest BCUT2D eigenvalue weighted by Crippen LogP contribution is 2.32. The summed E-state index contributed by atoms with van der Waals surface area (Å²) in [7, 11) is 1.37. The second kappa shape index (κ2) is 4.98. The molecule has 5 nitrogen and oxygen atoms in total. The van der Waals surface area contributed by atoms with Gasteiger partial charge in [-0.05, 0) is 37.5 Å². The number of aryl methyl sites for hydroxylation is 1. The molecule has 2 atom stereocenters. The van der Waals surface area contributed by atoms with E-state index in [0.29, 0.717) is 23.5 Å². The number of ether oxygens (including phenoxy) is 2. The zero-order chi connectivity index (χ0) is 14.3. The standard InChI is InChI=1S/C15H20N2O3/c1-9-5-10(6-13(14(9)16)15(18)19-2)17-7-11-3-4-12(8-17)20-11/h5-6,11-12H,3-4,7-8,16H2,1-2H3. The molecule has 2 bridgehead atoms. The summed E-state index contributed by atoms with van der Waals surface area (Å²) in [4.78, 5) is 14.1. The number of nitrogens with zero attached hydrogens (tertiary/aromatic N) is 1. The Morgan fingerprint density at radius 3 is 2.60 bits per heavy atom. The van der Waals surface area contributed by atoms with Gasteiger partial charge in [0.2, 0.25) is 0 Å². The van der Waals surface area contributed by atoms with Crippen molar-refractivity contribution < 1.29 is 14.3 Å². The molecule has 2 heterocycles. The van der Waals surface area contributed by atoms with E-state index in [-0.39, 0.29) is 5.97 Å². The van der Waals surface area contributed by atoms with Crippen molar-refractivity contribution in [2.75, 3.05) is 30.8 Å². The molecule has 2 saturated heterocycles. The van der Waals surface area contributed by atoms with Crippen LogP contribution in [-0.2, 0) is 9.47 Å². The van der Waals surface area contributed by atoms with E-state index in [4.69, 9.17) is 15.2 Å². The molecular formula is C15H20N2O3. The lowest BCUT2D eigenvalue weighted by Crippen LogP contribution is -2.42. The lowest BCUT2D eigenvalue weighted by atomic mass is 10.1. The first-order valence-corrected chi connectivity index (χ1v) is 6.97. The largest absolute Gasteiger partial charge is 0.465 e. The van der Waals surface area contributed by atoms with Gasteiger partial charge in [0.15, 0.2) is 0 Å². The van der Waals surface area contributed by atoms with Crippen LogP contribution in [-0.4, -0.2) is 38.4 Å². The van der Waals surface area contributed by atoms with Gasteiger partial charge in [-0.15, -0.1) is 0 Å². The summed E-state index contributed by atoms with van der Waals surface area (Å²) in [6.07, 6.45) is 2.87. The molecule has 2 unspecified atom stereocenters. The van der Waals surface area contributed by atoms with Gasteiger partial charge in [-0.3, -0.25) is 0 Å². The summed E-state index contributed by atoms with van der Waals surface area (Å²) >= 11 is 0. The van der Waals surface area contributed by atoms with Crippen LogP contribution in [0.4, 0.5) is 11.4 Å². The topological polar surface area (TPSA) is 64.8 Å². The number of hydrogen-bond acceptors (Lipinski definition) is 5. The van der Waals surface area contributed by atoms with E-state index in [9.17, 15) is 4.79 Å². The van der Waals surface area contributed by atoms with E-state index in [0.717, 1.165) is 37.2 Å². The molecule has 0 spiro atoms. The molecule has 3 rings (SSSR count). The summed E-state index contributed by atoms with van der Waals surface area (Å²) in [5, 5.41) is 0. The van der Waals surface area contributed by atoms with Crippen LogP contribution in [0.2, 0.25) is 0 Å². The number of carbonyl (C=O) groups is 1. The van der Waals surface area contributed by atoms with Gasteiger partial charge in [-0.2, -0.15) is 0 Å². The van der Waals surface area contributed by atoms with Crippen LogP contribution in [0.5, 0.6) is 0 Å². The van der Waals surface area contributed by atoms with Crippen molar-refractivity contribution in [1.29, 1.82) is 0 Å². The number of esters is 1. The average molecular weight is 276 g/mol. The molecule has 0 amide bonds. The van der Waals surface area contributed by atoms with Crippen molar-refractivity contribution in [1.82, 2.24) is 0 Å². The second-order valence-electron chi connectivity index (χ2n) is 5.58. The second-order valence-corrected chi connectivity index (χ2v) is 5.58. The Balaban J connectivity index is 1.93. The first-order chi connectivity index (χ1) is 9.58. The number of methoxy groups -OCH3 is 1. The van der Waals surface area contributed by atoms with Crippen LogP contribution in [0.1, 0.15) is 28.8 Å². The maximum atomic E-state index is 11.8. The first kappa shape index (κ1) is 13.2. The van der Waals surface area contributed by atoms with Crippen molar-refractivity contribution in [3.63, 3.8) is 0 Å². The summed E-state index contributed by atoms with van der Waals surface area (Å²) in [5.41, 5.74) is 8.85. The van der Waals surface area contributed by atoms with E-state index < -0.39 is 0 Å². The lowest BCUT2D eigenvalue weighted by molar-refractivity contribution is 0.0305. The highest BCUT2D eigenvalue weighted by molar-refractivity contribution is 5.97. The molecule has 20 heavy (non-hydrogen) atoms. The first-order valence-electron chi connectivity index (χ1n) is 6.97. The zero-order valence-corrected chi connectivity index (χ0v) is 11.9. The number of fused-ring (bicyclic) bond motifs is 2. The molecular weight excluding hydrogens is 256 g/mol. The summed E-state index contributed by atoms with van der Waals surface area (Å²) in [6, 6.07) is 3.87. The fourth-order valence-electron chi connectivity index (χ4n) is 3.07. The number of rotatable bonds is 2. The van der Waals surface area contributed by atoms with E-state index in [1.54, 1.807) is 0 Å². The molecule has 2 N–H and O–H groups in total. The van der Waals surface area contributed by atoms with Crippen molar-refractivity contribution in [2.45, 2.75) is 32.0 Å². The Bertz CT molecular complexity index is 532. The molecule has 1 aromatic carbocycles. The van der Waals surface area contributed by atoms with Crippen LogP contribution in [0.3, 0.4) is 0 Å². The van der Waals surface area contributed by atoms with Gasteiger partial charge in [0.25, 0.3) is 0 Å². The van der Waals surface area contributed by atoms with Crippen LogP contribution in [0, 0.1) is 6.92 Å². The van der Waals surface area contributed by atoms with Gasteiger partial charge in [-0.25, -0.2) is 4.79 Å². The molecule has 2 fully saturated rings. The fraction of sp³-hybridized carbons (Fsp3) is 0.533. The minimum Gasteiger partial charge on any atom is -0.465 e. The van der Waals surface area contributed by atoms with Gasteiger partial charge in [0, 0.05) is 24.5 Å². The molecule has 108 valence electrons. The normalized spacial score (nSPS) is 24.8. The van der Waals surface area contributed by atoms with Crippen molar-refractivity contribution >= 4 is 17.3 Å². The van der Waals surface area contributed by atoms with E-state index in [1.807, 2.05) is 19.1 Å². The van der Waals surface area contributed by atoms with Crippen LogP contribution < -0.4 is 10.6 Å². The average Bonchev–Trinajstić information content (AvgIpc) is 2.79. The molecule has 5 heteroatoms. The SMILES string of the molecule is COC(=O)c1cc(N2CC3CCC(C2)O3)cc(C)c1N. The third-order valence-corrected chi connectivity index (χ3v) is 4.19. The summed E-state index contributed by atoms with van der Waals surface area (Å²) in [6.45, 7) is 3.67. The van der Waals surface area contributed by atoms with Gasteiger partial charge in [0.1, 0.15) is 0 Å². The van der Waals surface area contributed by atoms with Gasteiger partial charge in [0.05, 0.1) is 24.9 Å². The van der Waals surface area contributed by atoms with Crippen LogP contribution >= 0.6 is 0 Å². The molecule has 0 aromatic heterocycles. The maximum Gasteiger partial charge on any atom is 0.340 e. The highest BCUT2D eigenvalue weighted by Gasteiger charge is 2.34. The fourth-order valence-corrected chi connectivity index (χ4v) is 3.07. The smallest absolute Gasteiger partial charge is 0.340 e. The molecule has 0 saturated carbocycles. The molecule has 0 aliphatic carbocycles. The molecule has 2 aliphatic rings. The predicted octanol–water partition coefficient (Wildman–Crippen LogP) is 1.73. The molecule has 1 aromatic rings. The quantitative estimate of drug-likeness (QED) is 0.658. The van der Waals surface area contributed by atoms with E-state index >= 15 is 0 Å². The summed E-state index contributed by atoms with van der Waals surface area (Å²) in [5.74, 6) is -0.385. The predicted molar refractivity (Wildman–Crippen MR) is 77.0 cm³/mol. The van der Waals surface area contributed by atoms with Gasteiger partial charge >= 0.3 is 5.97 Å². The third-order valence-electron chi connectivity index (χ3n) is 4.19. The number of morpholine rings is 1. The lowest BCUT2D eigenvalue weighted by Gasteiger charge is -2.34. The highest BCUT2D eigenvalue weighted by atomic mass is 16.5. The Labute approximate surface area is 118 Å². The molecule has 0 radical (unpaired) electrons. The van der Waals surface area contributed by atoms with Crippen molar-refractivity contribution in [3.8, 4) is 0 Å². The minimum absolute atomic E-state index is 0.313. The Hall–Kier alpha value is -1.75. The van der Waals surface area contributed by atoms with Gasteiger partial charge < -0.3 is 20.1 Å². The zero-order valence-electron chi connectivity index (χ0n) is 11.9. The van der Waals surface area contributed by atoms with Gasteiger partial charge in [-0.1, -0.05) is 0 Å². The number of nitrogens with two attached hydrogens (primary N) is 1. The van der Waals surface area contributed by atoms with Crippen LogP contribution in [0.15, 0.2) is 12.1 Å². The Morgan fingerprint density at radius 1 is 1.35 bits per heavy atom. The minimum atomic E-state index is -0.385. The third kappa shape index (κ3) is 2.22. The number of benzene rings is 1. The number of nitrogen functional groups attached to an aromatic ring is 1. The van der Waals surface area contributed by atoms with E-state index in [2.05, 4.69) is 4.90 Å². The number of anilines is 2. The van der Waals surface area contributed by atoms with Crippen molar-refractivity contribution in [2.24, 2.45) is 0 Å². The van der Waals surface area contributed by atoms with Crippen molar-refractivity contribution in [3.05, 3.63) is 23.3 Å². The Morgan fingerprint density at radius 2 is 2.00 bits per heavy atom. The van der Waals surface area contributed by atoms with E-state index in [1.165, 1.54) is 7.11 Å².